The van der Waals surface area contributed by atoms with E-state index in [-0.39, 0.29) is 58.3 Å². The molecule has 0 atom stereocenters. The molecule has 0 unspecified atom stereocenters. The maximum absolute atomic E-state index is 12.1. The fraction of sp³-hybridized carbons (Fsp3) is 0.900. The van der Waals surface area contributed by atoms with Crippen molar-refractivity contribution in [2.45, 2.75) is 5.54 Å². The molecule has 0 bridgehead atoms. The van der Waals surface area contributed by atoms with Crippen molar-refractivity contribution < 1.29 is 52.5 Å². The van der Waals surface area contributed by atoms with Crippen LogP contribution in [0, 0.1) is 0 Å². The number of hydrogen-bond donors (Lipinski definition) is 6. The summed E-state index contributed by atoms with van der Waals surface area (Å²) in [6, 6.07) is 0. The zero-order valence-electron chi connectivity index (χ0n) is 20.5. The smallest absolute Gasteiger partial charge is 0.320 e. The highest BCUT2D eigenvalue weighted by molar-refractivity contribution is 7.85. The van der Waals surface area contributed by atoms with Crippen LogP contribution in [0.15, 0.2) is 0 Å². The van der Waals surface area contributed by atoms with Gasteiger partial charge in [-0.2, -0.15) is 8.42 Å². The van der Waals surface area contributed by atoms with Crippen LogP contribution in [0.1, 0.15) is 0 Å². The van der Waals surface area contributed by atoms with Gasteiger partial charge in [0.2, 0.25) is 0 Å². The van der Waals surface area contributed by atoms with Crippen LogP contribution in [-0.2, 0) is 29.2 Å². The number of aliphatic hydroxyl groups is 4. The second-order valence-corrected chi connectivity index (χ2v) is 10.1. The van der Waals surface area contributed by atoms with E-state index >= 15 is 0 Å². The zero-order chi connectivity index (χ0) is 27.0. The van der Waals surface area contributed by atoms with E-state index in [4.69, 9.17) is 24.2 Å². The van der Waals surface area contributed by atoms with Crippen molar-refractivity contribution in [2.75, 3.05) is 111 Å². The molecule has 0 aromatic heterocycles. The normalized spacial score (nSPS) is 15.8. The summed E-state index contributed by atoms with van der Waals surface area (Å²) in [4.78, 5) is 29.6. The molecular weight excluding hydrogens is 504 g/mol. The third kappa shape index (κ3) is 13.7. The summed E-state index contributed by atoms with van der Waals surface area (Å²) < 4.78 is 40.8. The third-order valence-electron chi connectivity index (χ3n) is 5.71. The van der Waals surface area contributed by atoms with E-state index in [2.05, 4.69) is 5.32 Å². The molecule has 1 aliphatic rings. The SMILES string of the molecule is O=C(CNC(CO)(CO)COC(=O)CN(CCO)CCO)OCCN1CCN(CCS(=O)(=O)O)CC1. The Labute approximate surface area is 211 Å². The molecule has 1 fully saturated rings. The molecule has 0 amide bonds. The highest BCUT2D eigenvalue weighted by Crippen LogP contribution is 2.06. The largest absolute Gasteiger partial charge is 0.463 e. The fourth-order valence-corrected chi connectivity index (χ4v) is 3.87. The molecule has 0 spiro atoms. The molecule has 16 heteroatoms. The van der Waals surface area contributed by atoms with Crippen LogP contribution in [0.3, 0.4) is 0 Å². The summed E-state index contributed by atoms with van der Waals surface area (Å²) in [6.45, 7) is 1.08. The van der Waals surface area contributed by atoms with Crippen LogP contribution in [0.4, 0.5) is 0 Å². The van der Waals surface area contributed by atoms with E-state index in [9.17, 15) is 28.2 Å². The van der Waals surface area contributed by atoms with E-state index in [1.54, 1.807) is 0 Å². The van der Waals surface area contributed by atoms with Gasteiger partial charge in [-0.1, -0.05) is 0 Å². The van der Waals surface area contributed by atoms with Gasteiger partial charge >= 0.3 is 11.9 Å². The predicted octanol–water partition coefficient (Wildman–Crippen LogP) is -4.82. The molecule has 0 aliphatic carbocycles. The minimum absolute atomic E-state index is 0.108. The second kappa shape index (κ2) is 17.1. The average molecular weight is 545 g/mol. The summed E-state index contributed by atoms with van der Waals surface area (Å²) in [7, 11) is -3.99. The molecule has 0 saturated carbocycles. The Morgan fingerprint density at radius 3 is 1.94 bits per heavy atom. The second-order valence-electron chi connectivity index (χ2n) is 8.52. The summed E-state index contributed by atoms with van der Waals surface area (Å²) >= 11 is 0. The molecule has 1 heterocycles. The molecule has 212 valence electrons. The number of carbonyl (C=O) groups excluding carboxylic acids is 2. The summed E-state index contributed by atoms with van der Waals surface area (Å²) in [5.41, 5.74) is -1.47. The van der Waals surface area contributed by atoms with Crippen molar-refractivity contribution in [1.29, 1.82) is 0 Å². The predicted molar refractivity (Wildman–Crippen MR) is 127 cm³/mol. The quantitative estimate of drug-likeness (QED) is 0.0665. The average Bonchev–Trinajstić information content (AvgIpc) is 2.84. The molecule has 0 aromatic carbocycles. The van der Waals surface area contributed by atoms with Gasteiger partial charge in [-0.05, 0) is 0 Å². The maximum Gasteiger partial charge on any atom is 0.320 e. The lowest BCUT2D eigenvalue weighted by Gasteiger charge is -2.34. The number of nitrogens with zero attached hydrogens (tertiary/aromatic N) is 3. The van der Waals surface area contributed by atoms with Gasteiger partial charge < -0.3 is 29.9 Å². The minimum atomic E-state index is -3.99. The topological polar surface area (TPSA) is 210 Å². The van der Waals surface area contributed by atoms with Crippen LogP contribution in [0.2, 0.25) is 0 Å². The van der Waals surface area contributed by atoms with Gasteiger partial charge in [0, 0.05) is 52.4 Å². The van der Waals surface area contributed by atoms with Crippen LogP contribution in [0.5, 0.6) is 0 Å². The highest BCUT2D eigenvalue weighted by atomic mass is 32.2. The number of carbonyl (C=O) groups is 2. The van der Waals surface area contributed by atoms with E-state index in [0.29, 0.717) is 32.7 Å². The standard InChI is InChI=1S/C20H40N4O11S/c25-9-5-24(6-10-26)14-19(30)35-17-20(15-27,16-28)21-13-18(29)34-11-7-22-1-3-23(4-2-22)8-12-36(31,32)33/h21,25-28H,1-17H2,(H,31,32,33). The molecule has 36 heavy (non-hydrogen) atoms. The lowest BCUT2D eigenvalue weighted by molar-refractivity contribution is -0.149. The lowest BCUT2D eigenvalue weighted by Crippen LogP contribution is -2.57. The number of piperazine rings is 1. The van der Waals surface area contributed by atoms with Crippen molar-refractivity contribution in [3.8, 4) is 0 Å². The van der Waals surface area contributed by atoms with Gasteiger partial charge in [-0.3, -0.25) is 34.2 Å². The van der Waals surface area contributed by atoms with Crippen molar-refractivity contribution in [3.05, 3.63) is 0 Å². The van der Waals surface area contributed by atoms with Crippen molar-refractivity contribution >= 4 is 22.1 Å². The van der Waals surface area contributed by atoms with Gasteiger partial charge in [-0.25, -0.2) is 0 Å². The summed E-state index contributed by atoms with van der Waals surface area (Å²) in [5.74, 6) is -1.63. The van der Waals surface area contributed by atoms with Gasteiger partial charge in [0.05, 0.1) is 50.8 Å². The Hall–Kier alpha value is -1.47. The number of ether oxygens (including phenoxy) is 2. The molecule has 6 N–H and O–H groups in total. The number of hydrogen-bond acceptors (Lipinski definition) is 14. The zero-order valence-corrected chi connectivity index (χ0v) is 21.3. The van der Waals surface area contributed by atoms with E-state index in [1.807, 2.05) is 9.80 Å². The lowest BCUT2D eigenvalue weighted by atomic mass is 10.0. The summed E-state index contributed by atoms with van der Waals surface area (Å²) in [5, 5.41) is 40.1. The number of esters is 2. The number of nitrogens with one attached hydrogen (secondary N) is 1. The Morgan fingerprint density at radius 1 is 0.889 bits per heavy atom. The van der Waals surface area contributed by atoms with Crippen LogP contribution >= 0.6 is 0 Å². The molecule has 0 radical (unpaired) electrons. The Kier molecular flexibility index (Phi) is 15.5. The first-order valence-electron chi connectivity index (χ1n) is 11.7. The molecule has 1 saturated heterocycles. The van der Waals surface area contributed by atoms with E-state index in [1.165, 1.54) is 4.90 Å². The number of aliphatic hydroxyl groups excluding tert-OH is 4. The summed E-state index contributed by atoms with van der Waals surface area (Å²) in [6.07, 6.45) is 0. The first kappa shape index (κ1) is 32.6. The third-order valence-corrected chi connectivity index (χ3v) is 6.41. The number of rotatable bonds is 19. The Balaban J connectivity index is 2.33. The van der Waals surface area contributed by atoms with Crippen molar-refractivity contribution in [2.24, 2.45) is 0 Å². The van der Waals surface area contributed by atoms with E-state index < -0.39 is 47.4 Å². The molecule has 1 aliphatic heterocycles. The van der Waals surface area contributed by atoms with Crippen molar-refractivity contribution in [3.63, 3.8) is 0 Å². The van der Waals surface area contributed by atoms with Gasteiger partial charge in [-0.15, -0.1) is 0 Å². The van der Waals surface area contributed by atoms with Gasteiger partial charge in [0.1, 0.15) is 13.2 Å². The van der Waals surface area contributed by atoms with Crippen molar-refractivity contribution in [1.82, 2.24) is 20.0 Å². The van der Waals surface area contributed by atoms with Crippen LogP contribution in [-0.4, -0.2) is 176 Å². The molecule has 15 nitrogen and oxygen atoms in total. The maximum atomic E-state index is 12.1. The fourth-order valence-electron chi connectivity index (χ4n) is 3.38. The minimum Gasteiger partial charge on any atom is -0.463 e. The van der Waals surface area contributed by atoms with Crippen LogP contribution in [0.25, 0.3) is 0 Å². The monoisotopic (exact) mass is 544 g/mol. The molecule has 1 rings (SSSR count). The van der Waals surface area contributed by atoms with Crippen LogP contribution < -0.4 is 5.32 Å². The van der Waals surface area contributed by atoms with E-state index in [0.717, 1.165) is 0 Å². The van der Waals surface area contributed by atoms with Gasteiger partial charge in [0.25, 0.3) is 10.1 Å². The van der Waals surface area contributed by atoms with Gasteiger partial charge in [0.15, 0.2) is 0 Å². The Bertz CT molecular complexity index is 738. The molecule has 0 aromatic rings. The highest BCUT2D eigenvalue weighted by Gasteiger charge is 2.31. The first-order chi connectivity index (χ1) is 17.1. The molecular formula is C20H40N4O11S. The first-order valence-corrected chi connectivity index (χ1v) is 13.3. The Morgan fingerprint density at radius 2 is 1.44 bits per heavy atom.